The zero-order valence-electron chi connectivity index (χ0n) is 13.9. The summed E-state index contributed by atoms with van der Waals surface area (Å²) < 4.78 is 0. The molecule has 2 rings (SSSR count). The van der Waals surface area contributed by atoms with Crippen molar-refractivity contribution in [2.75, 3.05) is 0 Å². The number of fused-ring (bicyclic) bond motifs is 1. The summed E-state index contributed by atoms with van der Waals surface area (Å²) in [6, 6.07) is 2.00. The summed E-state index contributed by atoms with van der Waals surface area (Å²) in [5, 5.41) is 0. The highest BCUT2D eigenvalue weighted by atomic mass is 32.1. The van der Waals surface area contributed by atoms with Crippen molar-refractivity contribution in [1.29, 1.82) is 0 Å². The van der Waals surface area contributed by atoms with Gasteiger partial charge >= 0.3 is 0 Å². The Hall–Kier alpha value is -1.36. The molecule has 0 fully saturated rings. The quantitative estimate of drug-likeness (QED) is 0.837. The minimum absolute atomic E-state index is 0.148. The number of thiophene rings is 1. The Morgan fingerprint density at radius 2 is 2.05 bits per heavy atom. The Morgan fingerprint density at radius 1 is 1.32 bits per heavy atom. The van der Waals surface area contributed by atoms with Crippen LogP contribution in [0.3, 0.4) is 0 Å². The summed E-state index contributed by atoms with van der Waals surface area (Å²) in [6.07, 6.45) is 4.48. The lowest BCUT2D eigenvalue weighted by Gasteiger charge is -2.33. The van der Waals surface area contributed by atoms with E-state index in [1.807, 2.05) is 13.0 Å². The molecule has 1 aliphatic carbocycles. The van der Waals surface area contributed by atoms with Gasteiger partial charge in [-0.15, -0.1) is 11.3 Å². The molecule has 4 nitrogen and oxygen atoms in total. The summed E-state index contributed by atoms with van der Waals surface area (Å²) in [4.78, 5) is 25.6. The third-order valence-electron chi connectivity index (χ3n) is 4.32. The van der Waals surface area contributed by atoms with E-state index in [0.29, 0.717) is 22.6 Å². The van der Waals surface area contributed by atoms with Crippen molar-refractivity contribution in [2.24, 2.45) is 11.3 Å². The molecule has 0 aliphatic heterocycles. The lowest BCUT2D eigenvalue weighted by Crippen LogP contribution is -2.41. The van der Waals surface area contributed by atoms with Crippen LogP contribution >= 0.6 is 11.3 Å². The molecule has 1 heterocycles. The van der Waals surface area contributed by atoms with Crippen LogP contribution in [0, 0.1) is 11.3 Å². The maximum Gasteiger partial charge on any atom is 0.279 e. The second kappa shape index (κ2) is 6.82. The molecule has 1 aromatic heterocycles. The lowest BCUT2D eigenvalue weighted by atomic mass is 9.72. The molecule has 1 aliphatic rings. The largest absolute Gasteiger partial charge is 0.279 e. The fourth-order valence-corrected chi connectivity index (χ4v) is 3.96. The van der Waals surface area contributed by atoms with E-state index in [2.05, 4.69) is 31.6 Å². The molecular weight excluding hydrogens is 296 g/mol. The SMILES string of the molecule is CCCC(=O)NNC(=O)c1cc2c(s1)CCC(C(C)(C)C)C2. The maximum atomic E-state index is 12.1. The molecule has 0 bridgehead atoms. The average Bonchev–Trinajstić information content (AvgIpc) is 2.87. The third kappa shape index (κ3) is 4.09. The van der Waals surface area contributed by atoms with Gasteiger partial charge in [-0.3, -0.25) is 20.4 Å². The van der Waals surface area contributed by atoms with E-state index in [1.54, 1.807) is 11.3 Å². The molecule has 2 amide bonds. The number of hydrogen-bond donors (Lipinski definition) is 2. The summed E-state index contributed by atoms with van der Waals surface area (Å²) in [6.45, 7) is 8.78. The number of hydrazine groups is 1. The van der Waals surface area contributed by atoms with E-state index in [0.717, 1.165) is 19.3 Å². The van der Waals surface area contributed by atoms with E-state index < -0.39 is 0 Å². The van der Waals surface area contributed by atoms with Gasteiger partial charge in [0.25, 0.3) is 5.91 Å². The van der Waals surface area contributed by atoms with Crippen molar-refractivity contribution in [2.45, 2.75) is 59.8 Å². The maximum absolute atomic E-state index is 12.1. The molecule has 0 saturated heterocycles. The van der Waals surface area contributed by atoms with E-state index in [9.17, 15) is 9.59 Å². The van der Waals surface area contributed by atoms with Crippen LogP contribution in [0.4, 0.5) is 0 Å². The van der Waals surface area contributed by atoms with Gasteiger partial charge in [0.1, 0.15) is 0 Å². The molecule has 0 spiro atoms. The normalized spacial score (nSPS) is 17.7. The van der Waals surface area contributed by atoms with Gasteiger partial charge in [-0.1, -0.05) is 27.7 Å². The molecule has 2 N–H and O–H groups in total. The van der Waals surface area contributed by atoms with Gasteiger partial charge in [0.15, 0.2) is 0 Å². The van der Waals surface area contributed by atoms with Crippen LogP contribution in [0.15, 0.2) is 6.07 Å². The zero-order chi connectivity index (χ0) is 16.3. The van der Waals surface area contributed by atoms with Crippen molar-refractivity contribution >= 4 is 23.2 Å². The predicted molar refractivity (Wildman–Crippen MR) is 89.8 cm³/mol. The molecule has 22 heavy (non-hydrogen) atoms. The van der Waals surface area contributed by atoms with Crippen LogP contribution in [0.5, 0.6) is 0 Å². The second-order valence-corrected chi connectivity index (χ2v) is 8.25. The Bertz CT molecular complexity index is 557. The molecule has 0 saturated carbocycles. The molecule has 0 aromatic carbocycles. The minimum Gasteiger partial charge on any atom is -0.273 e. The first-order valence-electron chi connectivity index (χ1n) is 8.02. The van der Waals surface area contributed by atoms with Gasteiger partial charge in [0.05, 0.1) is 4.88 Å². The van der Waals surface area contributed by atoms with Gasteiger partial charge in [-0.25, -0.2) is 0 Å². The first kappa shape index (κ1) is 17.0. The third-order valence-corrected chi connectivity index (χ3v) is 5.56. The summed E-state index contributed by atoms with van der Waals surface area (Å²) in [7, 11) is 0. The first-order valence-corrected chi connectivity index (χ1v) is 8.83. The van der Waals surface area contributed by atoms with E-state index in [4.69, 9.17) is 0 Å². The van der Waals surface area contributed by atoms with Crippen molar-refractivity contribution in [3.63, 3.8) is 0 Å². The Kier molecular flexibility index (Phi) is 5.27. The van der Waals surface area contributed by atoms with Crippen LogP contribution in [0.1, 0.15) is 67.1 Å². The predicted octanol–water partition coefficient (Wildman–Crippen LogP) is 3.46. The highest BCUT2D eigenvalue weighted by Gasteiger charge is 2.30. The molecule has 1 aromatic rings. The second-order valence-electron chi connectivity index (χ2n) is 7.12. The van der Waals surface area contributed by atoms with Crippen molar-refractivity contribution < 1.29 is 9.59 Å². The van der Waals surface area contributed by atoms with Crippen molar-refractivity contribution in [3.05, 3.63) is 21.4 Å². The Labute approximate surface area is 136 Å². The van der Waals surface area contributed by atoms with Crippen molar-refractivity contribution in [1.82, 2.24) is 10.9 Å². The topological polar surface area (TPSA) is 58.2 Å². The van der Waals surface area contributed by atoms with Gasteiger partial charge in [0.2, 0.25) is 5.91 Å². The molecule has 122 valence electrons. The zero-order valence-corrected chi connectivity index (χ0v) is 14.7. The highest BCUT2D eigenvalue weighted by molar-refractivity contribution is 7.14. The number of hydrogen-bond acceptors (Lipinski definition) is 3. The van der Waals surface area contributed by atoms with E-state index in [-0.39, 0.29) is 11.8 Å². The Morgan fingerprint density at radius 3 is 2.68 bits per heavy atom. The summed E-state index contributed by atoms with van der Waals surface area (Å²) in [5.41, 5.74) is 6.58. The van der Waals surface area contributed by atoms with Crippen LogP contribution < -0.4 is 10.9 Å². The summed E-state index contributed by atoms with van der Waals surface area (Å²) >= 11 is 1.56. The number of carbonyl (C=O) groups excluding carboxylic acids is 2. The number of carbonyl (C=O) groups is 2. The number of amides is 2. The highest BCUT2D eigenvalue weighted by Crippen LogP contribution is 2.39. The molecular formula is C17H26N2O2S. The van der Waals surface area contributed by atoms with Crippen molar-refractivity contribution in [3.8, 4) is 0 Å². The minimum atomic E-state index is -0.212. The standard InChI is InChI=1S/C17H26N2O2S/c1-5-6-15(20)18-19-16(21)14-10-11-9-12(17(2,3)4)7-8-13(11)22-14/h10,12H,5-9H2,1-4H3,(H,18,20)(H,19,21). The smallest absolute Gasteiger partial charge is 0.273 e. The van der Waals surface area contributed by atoms with Gasteiger partial charge in [-0.05, 0) is 48.6 Å². The van der Waals surface area contributed by atoms with Crippen LogP contribution in [0.25, 0.3) is 0 Å². The van der Waals surface area contributed by atoms with Gasteiger partial charge < -0.3 is 0 Å². The van der Waals surface area contributed by atoms with Crippen LogP contribution in [-0.2, 0) is 17.6 Å². The molecule has 0 radical (unpaired) electrons. The number of rotatable bonds is 3. The average molecular weight is 322 g/mol. The first-order chi connectivity index (χ1) is 10.3. The van der Waals surface area contributed by atoms with E-state index >= 15 is 0 Å². The number of aryl methyl sites for hydroxylation is 1. The number of nitrogens with one attached hydrogen (secondary N) is 2. The fraction of sp³-hybridized carbons (Fsp3) is 0.647. The van der Waals surface area contributed by atoms with Crippen LogP contribution in [0.2, 0.25) is 0 Å². The Balaban J connectivity index is 1.99. The fourth-order valence-electron chi connectivity index (χ4n) is 2.85. The van der Waals surface area contributed by atoms with Gasteiger partial charge in [0, 0.05) is 11.3 Å². The monoisotopic (exact) mass is 322 g/mol. The molecule has 5 heteroatoms. The van der Waals surface area contributed by atoms with E-state index in [1.165, 1.54) is 16.9 Å². The summed E-state index contributed by atoms with van der Waals surface area (Å²) in [5.74, 6) is 0.302. The lowest BCUT2D eigenvalue weighted by molar-refractivity contribution is -0.121. The molecule has 1 unspecified atom stereocenters. The molecule has 1 atom stereocenters. The van der Waals surface area contributed by atoms with Gasteiger partial charge in [-0.2, -0.15) is 0 Å². The van der Waals surface area contributed by atoms with Crippen LogP contribution in [-0.4, -0.2) is 11.8 Å².